The van der Waals surface area contributed by atoms with E-state index in [4.69, 9.17) is 4.74 Å². The van der Waals surface area contributed by atoms with Gasteiger partial charge in [0.2, 0.25) is 0 Å². The molecule has 1 aromatic carbocycles. The predicted octanol–water partition coefficient (Wildman–Crippen LogP) is 5.07. The van der Waals surface area contributed by atoms with Crippen LogP contribution >= 0.6 is 0 Å². The predicted molar refractivity (Wildman–Crippen MR) is 76.3 cm³/mol. The van der Waals surface area contributed by atoms with Gasteiger partial charge >= 0.3 is 0 Å². The van der Waals surface area contributed by atoms with Gasteiger partial charge in [0, 0.05) is 13.2 Å². The first-order chi connectivity index (χ1) is 8.41. The number of rotatable bonds is 2. The van der Waals surface area contributed by atoms with Gasteiger partial charge in [-0.15, -0.1) is 0 Å². The highest BCUT2D eigenvalue weighted by atomic mass is 16.5. The maximum atomic E-state index is 4.83. The molecule has 0 bridgehead atoms. The summed E-state index contributed by atoms with van der Waals surface area (Å²) in [6.45, 7) is 5.67. The van der Waals surface area contributed by atoms with Gasteiger partial charge < -0.3 is 4.74 Å². The molecule has 0 aliphatic heterocycles. The smallest absolute Gasteiger partial charge is 0.0437 e. The third-order valence-corrected chi connectivity index (χ3v) is 2.57. The monoisotopic (exact) mass is 236 g/mol. The number of hydrogen-bond acceptors (Lipinski definition) is 1. The van der Waals surface area contributed by atoms with E-state index in [1.807, 2.05) is 50.2 Å². The van der Waals surface area contributed by atoms with Crippen LogP contribution in [0.2, 0.25) is 0 Å². The van der Waals surface area contributed by atoms with E-state index in [0.29, 0.717) is 0 Å². The first kappa shape index (κ1) is 16.2. The second kappa shape index (κ2) is 15.2. The van der Waals surface area contributed by atoms with Gasteiger partial charge in [0.25, 0.3) is 0 Å². The Labute approximate surface area is 107 Å². The molecule has 2 rings (SSSR count). The van der Waals surface area contributed by atoms with Crippen LogP contribution in [0.3, 0.4) is 0 Å². The molecule has 17 heavy (non-hydrogen) atoms. The normalized spacial score (nSPS) is 13.8. The van der Waals surface area contributed by atoms with Crippen molar-refractivity contribution in [2.24, 2.45) is 0 Å². The van der Waals surface area contributed by atoms with Crippen molar-refractivity contribution in [1.82, 2.24) is 0 Å². The van der Waals surface area contributed by atoms with Gasteiger partial charge in [0.15, 0.2) is 0 Å². The lowest BCUT2D eigenvalue weighted by Gasteiger charge is -2.05. The van der Waals surface area contributed by atoms with E-state index in [1.54, 1.807) is 0 Å². The topological polar surface area (TPSA) is 9.23 Å². The minimum atomic E-state index is 0.844. The molecule has 1 aromatic rings. The minimum Gasteiger partial charge on any atom is -0.382 e. The van der Waals surface area contributed by atoms with Gasteiger partial charge in [0.1, 0.15) is 0 Å². The third-order valence-electron chi connectivity index (χ3n) is 2.57. The van der Waals surface area contributed by atoms with Crippen molar-refractivity contribution < 1.29 is 4.74 Å². The molecule has 98 valence electrons. The molecule has 0 unspecified atom stereocenters. The van der Waals surface area contributed by atoms with Crippen molar-refractivity contribution in [3.63, 3.8) is 0 Å². The lowest BCUT2D eigenvalue weighted by atomic mass is 10.0. The molecule has 1 aliphatic carbocycles. The fraction of sp³-hybridized carbons (Fsp3) is 0.625. The van der Waals surface area contributed by atoms with Gasteiger partial charge in [-0.05, 0) is 13.8 Å². The third kappa shape index (κ3) is 15.2. The van der Waals surface area contributed by atoms with Gasteiger partial charge in [-0.2, -0.15) is 0 Å². The summed E-state index contributed by atoms with van der Waals surface area (Å²) in [6, 6.07) is 12.0. The zero-order valence-electron chi connectivity index (χ0n) is 11.5. The van der Waals surface area contributed by atoms with Crippen LogP contribution in [0.4, 0.5) is 0 Å². The largest absolute Gasteiger partial charge is 0.382 e. The van der Waals surface area contributed by atoms with Crippen molar-refractivity contribution >= 4 is 0 Å². The van der Waals surface area contributed by atoms with Crippen LogP contribution in [0, 0.1) is 0 Å². The molecule has 1 fully saturated rings. The van der Waals surface area contributed by atoms with Crippen molar-refractivity contribution in [2.45, 2.75) is 52.4 Å². The van der Waals surface area contributed by atoms with E-state index in [9.17, 15) is 0 Å². The summed E-state index contributed by atoms with van der Waals surface area (Å²) < 4.78 is 4.83. The summed E-state index contributed by atoms with van der Waals surface area (Å²) in [7, 11) is 0. The van der Waals surface area contributed by atoms with Gasteiger partial charge in [0.05, 0.1) is 0 Å². The van der Waals surface area contributed by atoms with E-state index in [1.165, 1.54) is 38.5 Å². The van der Waals surface area contributed by atoms with E-state index >= 15 is 0 Å². The Morgan fingerprint density at radius 3 is 0.941 bits per heavy atom. The SMILES string of the molecule is C1CCCCC1.CCOCC.c1ccccc1. The standard InChI is InChI=1S/C6H12.C6H6.C4H10O/c2*1-2-4-6-5-3-1;1-3-5-4-2/h1-6H2;1-6H;3-4H2,1-2H3. The van der Waals surface area contributed by atoms with Crippen LogP contribution in [0.1, 0.15) is 52.4 Å². The summed E-state index contributed by atoms with van der Waals surface area (Å²) in [5.74, 6) is 0. The van der Waals surface area contributed by atoms with E-state index in [2.05, 4.69) is 0 Å². The molecule has 1 saturated carbocycles. The Hall–Kier alpha value is -0.820. The lowest BCUT2D eigenvalue weighted by Crippen LogP contribution is -1.85. The highest BCUT2D eigenvalue weighted by Gasteiger charge is 1.95. The highest BCUT2D eigenvalue weighted by molar-refractivity contribution is 4.99. The average Bonchev–Trinajstić information content (AvgIpc) is 2.45. The second-order valence-corrected chi connectivity index (χ2v) is 4.06. The minimum absolute atomic E-state index is 0.844. The average molecular weight is 236 g/mol. The number of hydrogen-bond donors (Lipinski definition) is 0. The van der Waals surface area contributed by atoms with Crippen LogP contribution in [-0.4, -0.2) is 13.2 Å². The molecule has 0 amide bonds. The van der Waals surface area contributed by atoms with E-state index in [-0.39, 0.29) is 0 Å². The quantitative estimate of drug-likeness (QED) is 0.696. The molecule has 0 N–H and O–H groups in total. The second-order valence-electron chi connectivity index (χ2n) is 4.06. The van der Waals surface area contributed by atoms with Gasteiger partial charge in [-0.25, -0.2) is 0 Å². The fourth-order valence-electron chi connectivity index (χ4n) is 1.65. The Kier molecular flexibility index (Phi) is 14.4. The van der Waals surface area contributed by atoms with Crippen LogP contribution < -0.4 is 0 Å². The maximum Gasteiger partial charge on any atom is 0.0437 e. The fourth-order valence-corrected chi connectivity index (χ4v) is 1.65. The highest BCUT2D eigenvalue weighted by Crippen LogP contribution is 2.15. The first-order valence-electron chi connectivity index (χ1n) is 6.99. The molecule has 1 aliphatic rings. The summed E-state index contributed by atoms with van der Waals surface area (Å²) >= 11 is 0. The first-order valence-corrected chi connectivity index (χ1v) is 6.99. The zero-order chi connectivity index (χ0) is 12.6. The maximum absolute atomic E-state index is 4.83. The van der Waals surface area contributed by atoms with Crippen molar-refractivity contribution in [3.8, 4) is 0 Å². The molecule has 0 spiro atoms. The molecule has 0 heterocycles. The van der Waals surface area contributed by atoms with Crippen molar-refractivity contribution in [2.75, 3.05) is 13.2 Å². The van der Waals surface area contributed by atoms with Gasteiger partial charge in [-0.1, -0.05) is 74.9 Å². The van der Waals surface area contributed by atoms with Crippen LogP contribution in [0.15, 0.2) is 36.4 Å². The summed E-state index contributed by atoms with van der Waals surface area (Å²) in [5, 5.41) is 0. The number of benzene rings is 1. The molecule has 0 saturated heterocycles. The van der Waals surface area contributed by atoms with E-state index < -0.39 is 0 Å². The Morgan fingerprint density at radius 1 is 0.588 bits per heavy atom. The molecular weight excluding hydrogens is 208 g/mol. The van der Waals surface area contributed by atoms with Crippen molar-refractivity contribution in [3.05, 3.63) is 36.4 Å². The molecule has 0 atom stereocenters. The lowest BCUT2D eigenvalue weighted by molar-refractivity contribution is 0.162. The molecule has 0 radical (unpaired) electrons. The Balaban J connectivity index is 0.000000228. The summed E-state index contributed by atoms with van der Waals surface area (Å²) in [6.07, 6.45) is 9.00. The molecule has 0 aromatic heterocycles. The summed E-state index contributed by atoms with van der Waals surface area (Å²) in [4.78, 5) is 0. The Morgan fingerprint density at radius 2 is 0.824 bits per heavy atom. The molecule has 1 nitrogen and oxygen atoms in total. The van der Waals surface area contributed by atoms with E-state index in [0.717, 1.165) is 13.2 Å². The Bertz CT molecular complexity index is 164. The molecule has 1 heteroatoms. The molecular formula is C16H28O. The number of ether oxygens (including phenoxy) is 1. The van der Waals surface area contributed by atoms with Crippen LogP contribution in [0.25, 0.3) is 0 Å². The van der Waals surface area contributed by atoms with Gasteiger partial charge in [-0.3, -0.25) is 0 Å². The zero-order valence-corrected chi connectivity index (χ0v) is 11.5. The summed E-state index contributed by atoms with van der Waals surface area (Å²) in [5.41, 5.74) is 0. The van der Waals surface area contributed by atoms with Crippen LogP contribution in [0.5, 0.6) is 0 Å². The van der Waals surface area contributed by atoms with Crippen molar-refractivity contribution in [1.29, 1.82) is 0 Å². The van der Waals surface area contributed by atoms with Crippen LogP contribution in [-0.2, 0) is 4.74 Å².